The molecule has 3 aromatic rings. The van der Waals surface area contributed by atoms with Gasteiger partial charge in [0.1, 0.15) is 5.76 Å². The molecular weight excluding hydrogens is 611 g/mol. The Hall–Kier alpha value is -2.29. The third kappa shape index (κ3) is 8.12. The minimum Gasteiger partial charge on any atom is -0.512 e. The molecule has 0 fully saturated rings. The number of carbonyl (C=O) groups is 1. The van der Waals surface area contributed by atoms with Gasteiger partial charge >= 0.3 is 0 Å². The van der Waals surface area contributed by atoms with Gasteiger partial charge in [-0.25, -0.2) is 0 Å². The number of aromatic nitrogens is 1. The number of carbonyl (C=O) groups excluding carboxylic acids is 1. The molecule has 0 saturated carbocycles. The summed E-state index contributed by atoms with van der Waals surface area (Å²) in [4.78, 5) is 16.4. The molecule has 0 amide bonds. The second-order valence-corrected chi connectivity index (χ2v) is 11.4. The number of aliphatic hydroxyl groups excluding tert-OH is 1. The van der Waals surface area contributed by atoms with Crippen LogP contribution in [0.5, 0.6) is 0 Å². The first-order valence-corrected chi connectivity index (χ1v) is 11.8. The van der Waals surface area contributed by atoms with E-state index in [2.05, 4.69) is 71.0 Å². The molecule has 0 bridgehead atoms. The summed E-state index contributed by atoms with van der Waals surface area (Å²) in [6.45, 7) is 21.8. The number of fused-ring (bicyclic) bond motifs is 1. The van der Waals surface area contributed by atoms with Gasteiger partial charge in [-0.15, -0.1) is 34.4 Å². The van der Waals surface area contributed by atoms with E-state index in [1.807, 2.05) is 41.5 Å². The second-order valence-electron chi connectivity index (χ2n) is 11.4. The molecule has 0 atom stereocenters. The minimum atomic E-state index is -0.417. The molecule has 1 N–H and O–H groups in total. The Kier molecular flexibility index (Phi) is 10.2. The number of rotatable bonds is 2. The maximum Gasteiger partial charge on any atom is 0.164 e. The molecule has 3 rings (SSSR count). The standard InChI is InChI=1S/C20H20N.C11H20O2.Ir/c1-12-6-7-17-11-15(4)20(21-19(17)8-12)18-9-13(2)16(5)14(3)10-18;1-10(2,3)8(12)7-9(13)11(4,5)6;/h6-9,11H,1-5H3;7,12H,1-6H3;/q-1;;/b;8-7-;. The molecule has 0 aliphatic rings. The topological polar surface area (TPSA) is 50.2 Å². The van der Waals surface area contributed by atoms with Crippen molar-refractivity contribution in [2.24, 2.45) is 10.8 Å². The van der Waals surface area contributed by atoms with Gasteiger partial charge in [-0.05, 0) is 36.6 Å². The van der Waals surface area contributed by atoms with E-state index in [0.29, 0.717) is 0 Å². The normalized spacial score (nSPS) is 12.0. The smallest absolute Gasteiger partial charge is 0.164 e. The van der Waals surface area contributed by atoms with E-state index >= 15 is 0 Å². The van der Waals surface area contributed by atoms with Crippen LogP contribution in [-0.2, 0) is 24.9 Å². The number of ketones is 1. The predicted octanol–water partition coefficient (Wildman–Crippen LogP) is 8.33. The summed E-state index contributed by atoms with van der Waals surface area (Å²) >= 11 is 0. The number of aliphatic hydroxyl groups is 1. The fourth-order valence-corrected chi connectivity index (χ4v) is 3.29. The van der Waals surface area contributed by atoms with Crippen LogP contribution in [0.3, 0.4) is 0 Å². The van der Waals surface area contributed by atoms with E-state index < -0.39 is 5.41 Å². The van der Waals surface area contributed by atoms with Gasteiger partial charge in [0, 0.05) is 37.0 Å². The van der Waals surface area contributed by atoms with E-state index in [1.165, 1.54) is 39.3 Å². The maximum absolute atomic E-state index is 11.5. The average Bonchev–Trinajstić information content (AvgIpc) is 2.70. The third-order valence-electron chi connectivity index (χ3n) is 6.03. The molecule has 3 nitrogen and oxygen atoms in total. The van der Waals surface area contributed by atoms with Crippen molar-refractivity contribution in [1.82, 2.24) is 4.98 Å². The van der Waals surface area contributed by atoms with Crippen LogP contribution in [0.4, 0.5) is 0 Å². The molecule has 1 aromatic heterocycles. The first-order valence-electron chi connectivity index (χ1n) is 11.8. The Morgan fingerprint density at radius 2 is 1.49 bits per heavy atom. The van der Waals surface area contributed by atoms with Crippen molar-refractivity contribution < 1.29 is 30.0 Å². The second kappa shape index (κ2) is 11.6. The van der Waals surface area contributed by atoms with Gasteiger partial charge in [0.2, 0.25) is 0 Å². The molecule has 0 saturated heterocycles. The van der Waals surface area contributed by atoms with Gasteiger partial charge < -0.3 is 5.11 Å². The van der Waals surface area contributed by atoms with Crippen molar-refractivity contribution >= 4 is 16.7 Å². The van der Waals surface area contributed by atoms with Crippen LogP contribution >= 0.6 is 0 Å². The third-order valence-corrected chi connectivity index (χ3v) is 6.03. The molecule has 191 valence electrons. The van der Waals surface area contributed by atoms with Crippen molar-refractivity contribution in [3.63, 3.8) is 0 Å². The van der Waals surface area contributed by atoms with Gasteiger partial charge in [0.15, 0.2) is 5.78 Å². The number of pyridine rings is 1. The van der Waals surface area contributed by atoms with Crippen LogP contribution < -0.4 is 0 Å². The van der Waals surface area contributed by atoms with Gasteiger partial charge in [-0.1, -0.05) is 86.1 Å². The van der Waals surface area contributed by atoms with E-state index in [0.717, 1.165) is 16.8 Å². The Morgan fingerprint density at radius 3 is 2.00 bits per heavy atom. The number of nitrogens with zero attached hydrogens (tertiary/aromatic N) is 1. The molecule has 0 spiro atoms. The first kappa shape index (κ1) is 30.7. The van der Waals surface area contributed by atoms with Crippen LogP contribution in [-0.4, -0.2) is 15.9 Å². The number of hydrogen-bond acceptors (Lipinski definition) is 3. The van der Waals surface area contributed by atoms with E-state index in [1.54, 1.807) is 0 Å². The van der Waals surface area contributed by atoms with Crippen LogP contribution in [0.2, 0.25) is 0 Å². The Bertz CT molecular complexity index is 1220. The monoisotopic (exact) mass is 651 g/mol. The largest absolute Gasteiger partial charge is 0.512 e. The number of hydrogen-bond donors (Lipinski definition) is 1. The van der Waals surface area contributed by atoms with E-state index in [4.69, 9.17) is 4.98 Å². The van der Waals surface area contributed by atoms with Gasteiger partial charge in [-0.3, -0.25) is 9.78 Å². The summed E-state index contributed by atoms with van der Waals surface area (Å²) in [6, 6.07) is 14.3. The van der Waals surface area contributed by atoms with Crippen LogP contribution in [0, 0.1) is 51.5 Å². The quantitative estimate of drug-likeness (QED) is 0.172. The summed E-state index contributed by atoms with van der Waals surface area (Å²) in [5.41, 5.74) is 8.68. The molecule has 0 unspecified atom stereocenters. The van der Waals surface area contributed by atoms with Crippen molar-refractivity contribution in [2.45, 2.75) is 76.2 Å². The Labute approximate surface area is 225 Å². The van der Waals surface area contributed by atoms with Gasteiger partial charge in [0.05, 0.1) is 5.52 Å². The van der Waals surface area contributed by atoms with Gasteiger partial charge in [-0.2, -0.15) is 0 Å². The molecule has 35 heavy (non-hydrogen) atoms. The predicted molar refractivity (Wildman–Crippen MR) is 144 cm³/mol. The fraction of sp³-hybridized carbons (Fsp3) is 0.419. The van der Waals surface area contributed by atoms with Crippen molar-refractivity contribution in [3.05, 3.63) is 76.1 Å². The molecule has 4 heteroatoms. The maximum atomic E-state index is 11.5. The fourth-order valence-electron chi connectivity index (χ4n) is 3.29. The SMILES string of the molecule is CC(C)(C)C(=O)/C=C(\O)C(C)(C)C.Cc1ccc2cc(C)c(-c3[c-]c(C)c(C)c(C)c3)nc2c1.[Ir]. The van der Waals surface area contributed by atoms with Crippen LogP contribution in [0.1, 0.15) is 69.4 Å². The number of allylic oxidation sites excluding steroid dienone is 2. The zero-order valence-electron chi connectivity index (χ0n) is 23.1. The summed E-state index contributed by atoms with van der Waals surface area (Å²) in [6.07, 6.45) is 1.33. The summed E-state index contributed by atoms with van der Waals surface area (Å²) in [5, 5.41) is 10.8. The van der Waals surface area contributed by atoms with E-state index in [9.17, 15) is 9.90 Å². The van der Waals surface area contributed by atoms with Crippen LogP contribution in [0.25, 0.3) is 22.2 Å². The average molecular weight is 651 g/mol. The molecule has 0 aliphatic heterocycles. The molecule has 2 aromatic carbocycles. The van der Waals surface area contributed by atoms with E-state index in [-0.39, 0.29) is 37.1 Å². The van der Waals surface area contributed by atoms with Crippen LogP contribution in [0.15, 0.2) is 42.2 Å². The molecule has 0 aliphatic carbocycles. The summed E-state index contributed by atoms with van der Waals surface area (Å²) in [5.74, 6) is 0.104. The van der Waals surface area contributed by atoms with Crippen molar-refractivity contribution in [2.75, 3.05) is 0 Å². The number of aryl methyl sites for hydroxylation is 4. The zero-order valence-corrected chi connectivity index (χ0v) is 25.5. The summed E-state index contributed by atoms with van der Waals surface area (Å²) < 4.78 is 0. The Morgan fingerprint density at radius 1 is 0.886 bits per heavy atom. The summed E-state index contributed by atoms with van der Waals surface area (Å²) in [7, 11) is 0. The Balaban J connectivity index is 0.000000383. The molecule has 1 radical (unpaired) electrons. The molecule has 1 heterocycles. The van der Waals surface area contributed by atoms with Crippen molar-refractivity contribution in [3.8, 4) is 11.3 Å². The zero-order chi connectivity index (χ0) is 26.0. The first-order chi connectivity index (χ1) is 15.5. The van der Waals surface area contributed by atoms with Crippen molar-refractivity contribution in [1.29, 1.82) is 0 Å². The number of benzene rings is 2. The van der Waals surface area contributed by atoms with Gasteiger partial charge in [0.25, 0.3) is 0 Å². The molecular formula is C31H40IrNO2-. The minimum absolute atomic E-state index is 0.